The average Bonchev–Trinajstić information content (AvgIpc) is 2.62. The molecule has 2 aliphatic heterocycles. The van der Waals surface area contributed by atoms with Gasteiger partial charge in [-0.05, 0) is 12.8 Å². The molecular formula is C9H13N3O4. The molecule has 0 aromatic carbocycles. The van der Waals surface area contributed by atoms with Crippen molar-refractivity contribution in [2.75, 3.05) is 26.2 Å². The van der Waals surface area contributed by atoms with Crippen molar-refractivity contribution in [2.24, 2.45) is 0 Å². The van der Waals surface area contributed by atoms with Crippen LogP contribution < -0.4 is 5.32 Å². The third kappa shape index (κ3) is 2.13. The van der Waals surface area contributed by atoms with Crippen LogP contribution in [0.5, 0.6) is 0 Å². The maximum atomic E-state index is 11.7. The number of rotatable bonds is 2. The highest BCUT2D eigenvalue weighted by molar-refractivity contribution is 6.04. The van der Waals surface area contributed by atoms with E-state index in [4.69, 9.17) is 4.84 Å². The first-order chi connectivity index (χ1) is 7.68. The molecule has 88 valence electrons. The number of urea groups is 1. The zero-order valence-electron chi connectivity index (χ0n) is 8.77. The van der Waals surface area contributed by atoms with Crippen LogP contribution in [0.4, 0.5) is 4.79 Å². The number of hydrogen-bond acceptors (Lipinski definition) is 4. The highest BCUT2D eigenvalue weighted by Crippen LogP contribution is 2.07. The monoisotopic (exact) mass is 227 g/mol. The van der Waals surface area contributed by atoms with Gasteiger partial charge in [0.15, 0.2) is 0 Å². The van der Waals surface area contributed by atoms with Crippen molar-refractivity contribution < 1.29 is 19.2 Å². The van der Waals surface area contributed by atoms with Crippen molar-refractivity contribution in [3.05, 3.63) is 0 Å². The van der Waals surface area contributed by atoms with E-state index in [0.717, 1.165) is 17.7 Å². The molecule has 1 N–H and O–H groups in total. The maximum absolute atomic E-state index is 11.7. The van der Waals surface area contributed by atoms with Gasteiger partial charge in [-0.25, -0.2) is 9.86 Å². The van der Waals surface area contributed by atoms with E-state index in [1.807, 2.05) is 0 Å². The highest BCUT2D eigenvalue weighted by Gasteiger charge is 2.32. The number of amides is 4. The summed E-state index contributed by atoms with van der Waals surface area (Å²) in [6, 6.07) is -0.518. The van der Waals surface area contributed by atoms with Gasteiger partial charge in [-0.1, -0.05) is 0 Å². The summed E-state index contributed by atoms with van der Waals surface area (Å²) in [5.41, 5.74) is 0. The van der Waals surface area contributed by atoms with E-state index in [1.165, 1.54) is 5.06 Å². The summed E-state index contributed by atoms with van der Waals surface area (Å²) in [5, 5.41) is 3.58. The Bertz CT molecular complexity index is 309. The lowest BCUT2D eigenvalue weighted by molar-refractivity contribution is -0.197. The van der Waals surface area contributed by atoms with E-state index >= 15 is 0 Å². The number of carbonyl (C=O) groups excluding carboxylic acids is 3. The Balaban J connectivity index is 1.90. The van der Waals surface area contributed by atoms with Gasteiger partial charge in [0.1, 0.15) is 6.54 Å². The summed E-state index contributed by atoms with van der Waals surface area (Å²) in [6.45, 7) is 0.742. The van der Waals surface area contributed by atoms with Gasteiger partial charge >= 0.3 is 6.03 Å². The predicted octanol–water partition coefficient (Wildman–Crippen LogP) is -0.908. The Labute approximate surface area is 92.3 Å². The molecule has 0 unspecified atom stereocenters. The molecule has 16 heavy (non-hydrogen) atoms. The second kappa shape index (κ2) is 4.48. The summed E-state index contributed by atoms with van der Waals surface area (Å²) < 4.78 is 0. The van der Waals surface area contributed by atoms with Crippen molar-refractivity contribution >= 4 is 17.8 Å². The van der Waals surface area contributed by atoms with E-state index in [2.05, 4.69) is 5.32 Å². The fraction of sp³-hybridized carbons (Fsp3) is 0.667. The summed E-state index contributed by atoms with van der Waals surface area (Å²) in [4.78, 5) is 40.1. The molecular weight excluding hydrogens is 214 g/mol. The van der Waals surface area contributed by atoms with Crippen LogP contribution in [-0.2, 0) is 14.4 Å². The number of nitrogens with one attached hydrogen (secondary N) is 1. The smallest absolute Gasteiger partial charge is 0.325 e. The lowest BCUT2D eigenvalue weighted by Gasteiger charge is -2.26. The van der Waals surface area contributed by atoms with Gasteiger partial charge < -0.3 is 5.32 Å². The van der Waals surface area contributed by atoms with Crippen molar-refractivity contribution in [3.63, 3.8) is 0 Å². The Morgan fingerprint density at radius 1 is 1.38 bits per heavy atom. The summed E-state index contributed by atoms with van der Waals surface area (Å²) in [5.74, 6) is -0.736. The quantitative estimate of drug-likeness (QED) is 0.619. The Morgan fingerprint density at radius 3 is 2.75 bits per heavy atom. The zero-order chi connectivity index (χ0) is 11.5. The second-order valence-electron chi connectivity index (χ2n) is 3.67. The fourth-order valence-electron chi connectivity index (χ4n) is 1.62. The van der Waals surface area contributed by atoms with E-state index in [0.29, 0.717) is 13.2 Å². The van der Waals surface area contributed by atoms with Crippen molar-refractivity contribution in [1.29, 1.82) is 0 Å². The van der Waals surface area contributed by atoms with E-state index in [9.17, 15) is 14.4 Å². The molecule has 2 heterocycles. The minimum absolute atomic E-state index is 0.0348. The molecule has 7 heteroatoms. The molecule has 0 aromatic heterocycles. The van der Waals surface area contributed by atoms with Gasteiger partial charge in [0.25, 0.3) is 11.8 Å². The summed E-state index contributed by atoms with van der Waals surface area (Å²) >= 11 is 0. The molecule has 0 aromatic rings. The van der Waals surface area contributed by atoms with Crippen LogP contribution in [0, 0.1) is 0 Å². The van der Waals surface area contributed by atoms with Crippen LogP contribution in [0.25, 0.3) is 0 Å². The van der Waals surface area contributed by atoms with Crippen LogP contribution in [-0.4, -0.2) is 54.0 Å². The standard InChI is InChI=1S/C9H13N3O4/c13-7-5-10-9(15)11(7)6-8(14)12-3-1-2-4-16-12/h1-6H2,(H,10,15). The van der Waals surface area contributed by atoms with Gasteiger partial charge in [-0.15, -0.1) is 0 Å². The SMILES string of the molecule is O=C(CN1C(=O)CNC1=O)N1CCCCO1. The first-order valence-corrected chi connectivity index (χ1v) is 5.20. The molecule has 0 atom stereocenters. The van der Waals surface area contributed by atoms with Crippen molar-refractivity contribution in [2.45, 2.75) is 12.8 Å². The molecule has 2 fully saturated rings. The molecule has 2 aliphatic rings. The van der Waals surface area contributed by atoms with Crippen molar-refractivity contribution in [1.82, 2.24) is 15.3 Å². The molecule has 0 saturated carbocycles. The topological polar surface area (TPSA) is 79.0 Å². The van der Waals surface area contributed by atoms with Crippen LogP contribution in [0.3, 0.4) is 0 Å². The Kier molecular flexibility index (Phi) is 3.04. The molecule has 2 saturated heterocycles. The van der Waals surface area contributed by atoms with Gasteiger partial charge in [-0.3, -0.25) is 19.3 Å². The van der Waals surface area contributed by atoms with Crippen LogP contribution >= 0.6 is 0 Å². The Morgan fingerprint density at radius 2 is 2.19 bits per heavy atom. The van der Waals surface area contributed by atoms with Gasteiger partial charge in [0.2, 0.25) is 0 Å². The molecule has 2 rings (SSSR count). The lowest BCUT2D eigenvalue weighted by Crippen LogP contribution is -2.44. The van der Waals surface area contributed by atoms with Gasteiger partial charge in [0.05, 0.1) is 13.2 Å². The molecule has 0 radical (unpaired) electrons. The number of carbonyl (C=O) groups is 3. The minimum atomic E-state index is -0.518. The zero-order valence-corrected chi connectivity index (χ0v) is 8.77. The van der Waals surface area contributed by atoms with Crippen LogP contribution in [0.15, 0.2) is 0 Å². The number of hydrogen-bond donors (Lipinski definition) is 1. The molecule has 0 aliphatic carbocycles. The number of nitrogens with zero attached hydrogens (tertiary/aromatic N) is 2. The molecule has 0 bridgehead atoms. The molecule has 7 nitrogen and oxygen atoms in total. The van der Waals surface area contributed by atoms with Gasteiger partial charge in [0, 0.05) is 6.54 Å². The third-order valence-corrected chi connectivity index (χ3v) is 2.51. The van der Waals surface area contributed by atoms with Gasteiger partial charge in [-0.2, -0.15) is 0 Å². The summed E-state index contributed by atoms with van der Waals surface area (Å²) in [7, 11) is 0. The maximum Gasteiger partial charge on any atom is 0.325 e. The predicted molar refractivity (Wildman–Crippen MR) is 52.0 cm³/mol. The second-order valence-corrected chi connectivity index (χ2v) is 3.67. The van der Waals surface area contributed by atoms with Crippen molar-refractivity contribution in [3.8, 4) is 0 Å². The molecule has 4 amide bonds. The number of hydroxylamine groups is 2. The normalized spacial score (nSPS) is 21.2. The molecule has 0 spiro atoms. The third-order valence-electron chi connectivity index (χ3n) is 2.51. The first kappa shape index (κ1) is 10.9. The number of imide groups is 1. The van der Waals surface area contributed by atoms with E-state index < -0.39 is 6.03 Å². The fourth-order valence-corrected chi connectivity index (χ4v) is 1.62. The minimum Gasteiger partial charge on any atom is -0.329 e. The highest BCUT2D eigenvalue weighted by atomic mass is 16.7. The largest absolute Gasteiger partial charge is 0.329 e. The van der Waals surface area contributed by atoms with E-state index in [1.54, 1.807) is 0 Å². The Hall–Kier alpha value is -1.63. The average molecular weight is 227 g/mol. The summed E-state index contributed by atoms with van der Waals surface area (Å²) in [6.07, 6.45) is 1.80. The van der Waals surface area contributed by atoms with E-state index in [-0.39, 0.29) is 24.9 Å². The first-order valence-electron chi connectivity index (χ1n) is 5.20. The van der Waals surface area contributed by atoms with Crippen LogP contribution in [0.2, 0.25) is 0 Å². The lowest BCUT2D eigenvalue weighted by atomic mass is 10.3. The van der Waals surface area contributed by atoms with Crippen LogP contribution in [0.1, 0.15) is 12.8 Å².